The first-order valence-electron chi connectivity index (χ1n) is 5.27. The molecule has 1 heterocycles. The molecule has 1 aliphatic rings. The lowest BCUT2D eigenvalue weighted by molar-refractivity contribution is -0.138. The Kier molecular flexibility index (Phi) is 3.27. The van der Waals surface area contributed by atoms with Crippen molar-refractivity contribution in [3.63, 3.8) is 0 Å². The van der Waals surface area contributed by atoms with E-state index in [1.165, 1.54) is 12.1 Å². The molecule has 1 aliphatic heterocycles. The molecule has 0 unspecified atom stereocenters. The average Bonchev–Trinajstić information content (AvgIpc) is 2.81. The smallest absolute Gasteiger partial charge is 0.303 e. The molecule has 0 radical (unpaired) electrons. The lowest BCUT2D eigenvalue weighted by Gasteiger charge is -2.01. The van der Waals surface area contributed by atoms with E-state index in [2.05, 4.69) is 0 Å². The van der Waals surface area contributed by atoms with Crippen LogP contribution < -0.4 is 9.47 Å². The number of fused-ring (bicyclic) bond motifs is 1. The van der Waals surface area contributed by atoms with E-state index in [1.54, 1.807) is 6.07 Å². The molecule has 0 aromatic heterocycles. The summed E-state index contributed by atoms with van der Waals surface area (Å²) in [6, 6.07) is 4.41. The molecule has 94 valence electrons. The third kappa shape index (κ3) is 2.48. The molecule has 6 nitrogen and oxygen atoms in total. The number of benzene rings is 1. The predicted octanol–water partition coefficient (Wildman–Crippen LogP) is 1.03. The van der Waals surface area contributed by atoms with Gasteiger partial charge in [0.05, 0.1) is 6.42 Å². The van der Waals surface area contributed by atoms with E-state index in [0.717, 1.165) is 0 Å². The molecule has 0 atom stereocenters. The van der Waals surface area contributed by atoms with Crippen LogP contribution in [0.25, 0.3) is 0 Å². The Hall–Kier alpha value is -2.37. The number of aliphatic carboxylic acids is 1. The van der Waals surface area contributed by atoms with Gasteiger partial charge >= 0.3 is 5.97 Å². The third-order valence-electron chi connectivity index (χ3n) is 2.45. The maximum atomic E-state index is 11.7. The first-order valence-corrected chi connectivity index (χ1v) is 5.27. The molecule has 0 bridgehead atoms. The predicted molar refractivity (Wildman–Crippen MR) is 58.8 cm³/mol. The molecule has 0 aliphatic carbocycles. The van der Waals surface area contributed by atoms with Gasteiger partial charge in [0.25, 0.3) is 0 Å². The van der Waals surface area contributed by atoms with Crippen LogP contribution in [0.2, 0.25) is 0 Å². The van der Waals surface area contributed by atoms with E-state index >= 15 is 0 Å². The van der Waals surface area contributed by atoms with Crippen molar-refractivity contribution in [2.24, 2.45) is 0 Å². The van der Waals surface area contributed by atoms with Gasteiger partial charge in [-0.3, -0.25) is 14.4 Å². The maximum Gasteiger partial charge on any atom is 0.303 e. The number of hydrogen-bond acceptors (Lipinski definition) is 5. The second-order valence-corrected chi connectivity index (χ2v) is 3.71. The summed E-state index contributed by atoms with van der Waals surface area (Å²) < 4.78 is 10.2. The fraction of sp³-hybridized carbons (Fsp3) is 0.250. The molecule has 2 rings (SSSR count). The highest BCUT2D eigenvalue weighted by Crippen LogP contribution is 2.32. The van der Waals surface area contributed by atoms with Crippen LogP contribution in [-0.2, 0) is 9.59 Å². The summed E-state index contributed by atoms with van der Waals surface area (Å²) in [4.78, 5) is 33.5. The summed E-state index contributed by atoms with van der Waals surface area (Å²) in [5.74, 6) is -1.62. The van der Waals surface area contributed by atoms with Crippen LogP contribution in [0.4, 0.5) is 0 Å². The maximum absolute atomic E-state index is 11.7. The number of carbonyl (C=O) groups excluding carboxylic acids is 2. The summed E-state index contributed by atoms with van der Waals surface area (Å²) in [5, 5.41) is 8.44. The van der Waals surface area contributed by atoms with Crippen molar-refractivity contribution in [1.29, 1.82) is 0 Å². The normalized spacial score (nSPS) is 12.2. The first kappa shape index (κ1) is 12.1. The standard InChI is InChI=1S/C12H10O6/c13-8(2-4-11(14)15)12(16)7-1-3-9-10(5-7)18-6-17-9/h1,3,5H,2,4,6H2,(H,14,15). The van der Waals surface area contributed by atoms with Gasteiger partial charge in [-0.2, -0.15) is 0 Å². The fourth-order valence-corrected chi connectivity index (χ4v) is 1.53. The molecule has 0 saturated carbocycles. The van der Waals surface area contributed by atoms with Crippen molar-refractivity contribution in [2.45, 2.75) is 12.8 Å². The van der Waals surface area contributed by atoms with Crippen molar-refractivity contribution in [3.8, 4) is 11.5 Å². The fourth-order valence-electron chi connectivity index (χ4n) is 1.53. The second kappa shape index (κ2) is 4.87. The number of ether oxygens (including phenoxy) is 2. The van der Waals surface area contributed by atoms with Crippen LogP contribution in [0.15, 0.2) is 18.2 Å². The largest absolute Gasteiger partial charge is 0.481 e. The number of ketones is 2. The van der Waals surface area contributed by atoms with Gasteiger partial charge in [0.2, 0.25) is 18.4 Å². The lowest BCUT2D eigenvalue weighted by atomic mass is 10.0. The highest BCUT2D eigenvalue weighted by molar-refractivity contribution is 6.43. The molecule has 0 fully saturated rings. The van der Waals surface area contributed by atoms with Crippen LogP contribution in [-0.4, -0.2) is 29.4 Å². The van der Waals surface area contributed by atoms with Gasteiger partial charge in [0.15, 0.2) is 11.5 Å². The summed E-state index contributed by atoms with van der Waals surface area (Å²) >= 11 is 0. The zero-order valence-electron chi connectivity index (χ0n) is 9.34. The molecular formula is C12H10O6. The Balaban J connectivity index is 2.09. The van der Waals surface area contributed by atoms with Gasteiger partial charge in [-0.25, -0.2) is 0 Å². The highest BCUT2D eigenvalue weighted by Gasteiger charge is 2.21. The summed E-state index contributed by atoms with van der Waals surface area (Å²) in [5.41, 5.74) is 0.176. The van der Waals surface area contributed by atoms with Crippen molar-refractivity contribution >= 4 is 17.5 Å². The Morgan fingerprint density at radius 1 is 1.11 bits per heavy atom. The molecule has 6 heteroatoms. The van der Waals surface area contributed by atoms with Crippen LogP contribution in [0.5, 0.6) is 11.5 Å². The van der Waals surface area contributed by atoms with Gasteiger partial charge in [0, 0.05) is 12.0 Å². The summed E-state index contributed by atoms with van der Waals surface area (Å²) in [6.07, 6.45) is -0.655. The van der Waals surface area contributed by atoms with Crippen LogP contribution in [0, 0.1) is 0 Å². The SMILES string of the molecule is O=C(O)CCC(=O)C(=O)c1ccc2c(c1)OCO2. The number of carboxylic acid groups (broad SMARTS) is 1. The molecule has 1 aromatic rings. The van der Waals surface area contributed by atoms with Gasteiger partial charge in [-0.15, -0.1) is 0 Å². The van der Waals surface area contributed by atoms with Crippen LogP contribution in [0.3, 0.4) is 0 Å². The zero-order valence-corrected chi connectivity index (χ0v) is 9.34. The Morgan fingerprint density at radius 3 is 2.56 bits per heavy atom. The molecule has 1 aromatic carbocycles. The molecular weight excluding hydrogens is 240 g/mol. The molecule has 0 saturated heterocycles. The van der Waals surface area contributed by atoms with Crippen LogP contribution in [0.1, 0.15) is 23.2 Å². The minimum absolute atomic E-state index is 0.0833. The first-order chi connectivity index (χ1) is 8.58. The van der Waals surface area contributed by atoms with Crippen molar-refractivity contribution < 1.29 is 29.0 Å². The number of Topliss-reactive ketones (excluding diaryl/α,β-unsaturated/α-hetero) is 2. The minimum Gasteiger partial charge on any atom is -0.481 e. The highest BCUT2D eigenvalue weighted by atomic mass is 16.7. The molecule has 1 N–H and O–H groups in total. The van der Waals surface area contributed by atoms with Gasteiger partial charge in [-0.05, 0) is 18.2 Å². The van der Waals surface area contributed by atoms with Gasteiger partial charge < -0.3 is 14.6 Å². The summed E-state index contributed by atoms with van der Waals surface area (Å²) in [7, 11) is 0. The Bertz CT molecular complexity index is 519. The van der Waals surface area contributed by atoms with E-state index in [1.807, 2.05) is 0 Å². The zero-order chi connectivity index (χ0) is 13.1. The van der Waals surface area contributed by atoms with Crippen molar-refractivity contribution in [2.75, 3.05) is 6.79 Å². The topological polar surface area (TPSA) is 89.9 Å². The van der Waals surface area contributed by atoms with E-state index < -0.39 is 17.5 Å². The van der Waals surface area contributed by atoms with E-state index in [-0.39, 0.29) is 25.2 Å². The van der Waals surface area contributed by atoms with Crippen LogP contribution >= 0.6 is 0 Å². The monoisotopic (exact) mass is 250 g/mol. The summed E-state index contributed by atoms with van der Waals surface area (Å²) in [6.45, 7) is 0.0833. The van der Waals surface area contributed by atoms with Gasteiger partial charge in [0.1, 0.15) is 0 Å². The number of carboxylic acids is 1. The molecule has 0 spiro atoms. The minimum atomic E-state index is -1.11. The Labute approximate surface area is 102 Å². The van der Waals surface area contributed by atoms with Crippen molar-refractivity contribution in [1.82, 2.24) is 0 Å². The Morgan fingerprint density at radius 2 is 1.83 bits per heavy atom. The van der Waals surface area contributed by atoms with Crippen molar-refractivity contribution in [3.05, 3.63) is 23.8 Å². The number of carbonyl (C=O) groups is 3. The average molecular weight is 250 g/mol. The third-order valence-corrected chi connectivity index (χ3v) is 2.45. The lowest BCUT2D eigenvalue weighted by Crippen LogP contribution is -2.15. The van der Waals surface area contributed by atoms with E-state index in [9.17, 15) is 14.4 Å². The molecule has 18 heavy (non-hydrogen) atoms. The second-order valence-electron chi connectivity index (χ2n) is 3.71. The quantitative estimate of drug-likeness (QED) is 0.620. The molecule has 0 amide bonds. The van der Waals surface area contributed by atoms with E-state index in [0.29, 0.717) is 11.5 Å². The van der Waals surface area contributed by atoms with E-state index in [4.69, 9.17) is 14.6 Å². The number of hydrogen-bond donors (Lipinski definition) is 1. The van der Waals surface area contributed by atoms with Gasteiger partial charge in [-0.1, -0.05) is 0 Å². The number of rotatable bonds is 5.